The van der Waals surface area contributed by atoms with Gasteiger partial charge in [-0.1, -0.05) is 25.1 Å². The molecule has 0 bridgehead atoms. The fourth-order valence-corrected chi connectivity index (χ4v) is 4.36. The number of hydrogen-bond acceptors (Lipinski definition) is 5. The Morgan fingerprint density at radius 3 is 2.96 bits per heavy atom. The fraction of sp³-hybridized carbons (Fsp3) is 0.474. The number of rotatable bonds is 8. The van der Waals surface area contributed by atoms with Gasteiger partial charge >= 0.3 is 0 Å². The average Bonchev–Trinajstić information content (AvgIpc) is 3.12. The Morgan fingerprint density at radius 2 is 2.21 bits per heavy atom. The van der Waals surface area contributed by atoms with Crippen LogP contribution in [0.2, 0.25) is 0 Å². The van der Waals surface area contributed by atoms with Crippen molar-refractivity contribution in [1.29, 1.82) is 0 Å². The number of hydrogen-bond donors (Lipinski definition) is 0. The van der Waals surface area contributed by atoms with E-state index in [1.807, 2.05) is 23.5 Å². The second-order valence-corrected chi connectivity index (χ2v) is 7.35. The van der Waals surface area contributed by atoms with Crippen LogP contribution < -0.4 is 4.84 Å². The standard InChI is InChI=1S/C19H24N2O2S/c1-2-11-21(12-10-17-6-4-13-24-17)16-8-9-18-15(14-16)5-3-7-19(18)23-20-22/h3-7,13,16H,2,8-12,14H2,1H3/t16-/m0/s1. The summed E-state index contributed by atoms with van der Waals surface area (Å²) in [5.41, 5.74) is 2.45. The summed E-state index contributed by atoms with van der Waals surface area (Å²) in [6.07, 6.45) is 5.38. The largest absolute Gasteiger partial charge is 0.324 e. The molecule has 1 aliphatic carbocycles. The summed E-state index contributed by atoms with van der Waals surface area (Å²) in [7, 11) is 0. The number of benzene rings is 1. The highest BCUT2D eigenvalue weighted by atomic mass is 32.1. The van der Waals surface area contributed by atoms with Crippen LogP contribution >= 0.6 is 11.3 Å². The third kappa shape index (κ3) is 4.02. The van der Waals surface area contributed by atoms with Crippen LogP contribution in [0.5, 0.6) is 5.75 Å². The molecule has 0 amide bonds. The van der Waals surface area contributed by atoms with Crippen molar-refractivity contribution >= 4 is 11.3 Å². The first-order valence-corrected chi connectivity index (χ1v) is 9.56. The van der Waals surface area contributed by atoms with Crippen molar-refractivity contribution in [2.24, 2.45) is 5.34 Å². The molecular formula is C19H24N2O2S. The van der Waals surface area contributed by atoms with Crippen molar-refractivity contribution in [1.82, 2.24) is 4.90 Å². The van der Waals surface area contributed by atoms with Crippen molar-refractivity contribution in [2.75, 3.05) is 13.1 Å². The van der Waals surface area contributed by atoms with Crippen LogP contribution in [0.25, 0.3) is 0 Å². The molecule has 128 valence electrons. The molecule has 1 heterocycles. The Morgan fingerprint density at radius 1 is 1.29 bits per heavy atom. The van der Waals surface area contributed by atoms with E-state index in [1.54, 1.807) is 0 Å². The van der Waals surface area contributed by atoms with Crippen LogP contribution in [0.1, 0.15) is 35.8 Å². The molecule has 2 aromatic rings. The SMILES string of the molecule is CCCN(CCc1cccs1)[C@H]1CCc2c(cccc2ON=O)C1. The van der Waals surface area contributed by atoms with Gasteiger partial charge in [-0.2, -0.15) is 0 Å². The van der Waals surface area contributed by atoms with Gasteiger partial charge in [0.25, 0.3) is 0 Å². The van der Waals surface area contributed by atoms with E-state index >= 15 is 0 Å². The molecule has 0 saturated carbocycles. The van der Waals surface area contributed by atoms with E-state index in [4.69, 9.17) is 4.84 Å². The maximum Gasteiger partial charge on any atom is 0.164 e. The summed E-state index contributed by atoms with van der Waals surface area (Å²) >= 11 is 1.84. The second-order valence-electron chi connectivity index (χ2n) is 6.32. The van der Waals surface area contributed by atoms with Gasteiger partial charge in [-0.3, -0.25) is 4.90 Å². The van der Waals surface area contributed by atoms with Crippen molar-refractivity contribution in [3.05, 3.63) is 56.6 Å². The van der Waals surface area contributed by atoms with Gasteiger partial charge < -0.3 is 4.84 Å². The molecule has 0 fully saturated rings. The first-order valence-electron chi connectivity index (χ1n) is 8.68. The van der Waals surface area contributed by atoms with Crippen molar-refractivity contribution in [2.45, 2.75) is 45.1 Å². The Bertz CT molecular complexity index is 657. The summed E-state index contributed by atoms with van der Waals surface area (Å²) in [4.78, 5) is 19.4. The first kappa shape index (κ1) is 17.1. The summed E-state index contributed by atoms with van der Waals surface area (Å²) in [5.74, 6) is 0.626. The maximum atomic E-state index is 10.4. The Kier molecular flexibility index (Phi) is 5.99. The average molecular weight is 344 g/mol. The van der Waals surface area contributed by atoms with Gasteiger partial charge in [-0.25, -0.2) is 0 Å². The van der Waals surface area contributed by atoms with Crippen LogP contribution in [-0.2, 0) is 19.3 Å². The van der Waals surface area contributed by atoms with Crippen molar-refractivity contribution in [3.8, 4) is 5.75 Å². The highest BCUT2D eigenvalue weighted by molar-refractivity contribution is 7.09. The van der Waals surface area contributed by atoms with Gasteiger partial charge in [0.2, 0.25) is 0 Å². The van der Waals surface area contributed by atoms with Gasteiger partial charge in [-0.15, -0.1) is 16.2 Å². The second kappa shape index (κ2) is 8.40. The van der Waals surface area contributed by atoms with Gasteiger partial charge in [0.05, 0.1) is 0 Å². The fourth-order valence-electron chi connectivity index (χ4n) is 3.66. The van der Waals surface area contributed by atoms with Crippen molar-refractivity contribution in [3.63, 3.8) is 0 Å². The van der Waals surface area contributed by atoms with Gasteiger partial charge in [0.1, 0.15) is 0 Å². The molecule has 1 aromatic heterocycles. The van der Waals surface area contributed by atoms with Crippen LogP contribution in [0, 0.1) is 4.91 Å². The lowest BCUT2D eigenvalue weighted by Gasteiger charge is -2.35. The quantitative estimate of drug-likeness (QED) is 0.518. The van der Waals surface area contributed by atoms with Crippen LogP contribution in [0.3, 0.4) is 0 Å². The molecule has 0 spiro atoms. The maximum absolute atomic E-state index is 10.4. The van der Waals surface area contributed by atoms with E-state index < -0.39 is 0 Å². The molecule has 1 aliphatic rings. The van der Waals surface area contributed by atoms with Crippen LogP contribution in [-0.4, -0.2) is 24.0 Å². The third-order valence-corrected chi connectivity index (χ3v) is 5.74. The lowest BCUT2D eigenvalue weighted by molar-refractivity contribution is 0.181. The third-order valence-electron chi connectivity index (χ3n) is 4.80. The zero-order valence-corrected chi connectivity index (χ0v) is 14.9. The highest BCUT2D eigenvalue weighted by Gasteiger charge is 2.25. The van der Waals surface area contributed by atoms with Crippen LogP contribution in [0.4, 0.5) is 0 Å². The number of nitrogens with zero attached hydrogens (tertiary/aromatic N) is 2. The Labute approximate surface area is 147 Å². The lowest BCUT2D eigenvalue weighted by Crippen LogP contribution is -2.41. The van der Waals surface area contributed by atoms with E-state index in [-0.39, 0.29) is 0 Å². The summed E-state index contributed by atoms with van der Waals surface area (Å²) < 4.78 is 0. The molecule has 3 rings (SSSR count). The molecule has 0 radical (unpaired) electrons. The minimum atomic E-state index is 0.567. The van der Waals surface area contributed by atoms with Gasteiger partial charge in [0, 0.05) is 23.0 Å². The van der Waals surface area contributed by atoms with E-state index in [0.717, 1.165) is 44.3 Å². The molecule has 24 heavy (non-hydrogen) atoms. The monoisotopic (exact) mass is 344 g/mol. The van der Waals surface area contributed by atoms with E-state index in [2.05, 4.69) is 40.7 Å². The summed E-state index contributed by atoms with van der Waals surface area (Å²) in [5, 5.41) is 4.75. The zero-order chi connectivity index (χ0) is 16.8. The molecule has 0 N–H and O–H groups in total. The molecule has 0 saturated heterocycles. The molecule has 5 heteroatoms. The Hall–Kier alpha value is -1.72. The lowest BCUT2D eigenvalue weighted by atomic mass is 9.86. The minimum absolute atomic E-state index is 0.567. The first-order chi connectivity index (χ1) is 11.8. The molecular weight excluding hydrogens is 320 g/mol. The van der Waals surface area contributed by atoms with Crippen molar-refractivity contribution < 1.29 is 4.84 Å². The zero-order valence-electron chi connectivity index (χ0n) is 14.1. The summed E-state index contributed by atoms with van der Waals surface area (Å²) in [6, 6.07) is 10.9. The van der Waals surface area contributed by atoms with E-state index in [1.165, 1.54) is 16.9 Å². The molecule has 0 unspecified atom stereocenters. The molecule has 4 nitrogen and oxygen atoms in total. The minimum Gasteiger partial charge on any atom is -0.324 e. The van der Waals surface area contributed by atoms with Gasteiger partial charge in [0.15, 0.2) is 11.1 Å². The van der Waals surface area contributed by atoms with Gasteiger partial charge in [-0.05, 0) is 61.7 Å². The smallest absolute Gasteiger partial charge is 0.164 e. The topological polar surface area (TPSA) is 41.9 Å². The normalized spacial score (nSPS) is 16.8. The van der Waals surface area contributed by atoms with Crippen LogP contribution in [0.15, 0.2) is 41.1 Å². The number of fused-ring (bicyclic) bond motifs is 1. The predicted octanol–water partition coefficient (Wildman–Crippen LogP) is 4.62. The molecule has 0 aliphatic heterocycles. The summed E-state index contributed by atoms with van der Waals surface area (Å²) in [6.45, 7) is 4.49. The van der Waals surface area contributed by atoms with E-state index in [9.17, 15) is 4.91 Å². The van der Waals surface area contributed by atoms with E-state index in [0.29, 0.717) is 11.8 Å². The highest BCUT2D eigenvalue weighted by Crippen LogP contribution is 2.32. The molecule has 1 atom stereocenters. The molecule has 1 aromatic carbocycles. The predicted molar refractivity (Wildman–Crippen MR) is 98.6 cm³/mol. The Balaban J connectivity index is 1.69. The number of thiophene rings is 1.